The molecule has 0 aliphatic carbocycles. The maximum atomic E-state index is 6.39. The van der Waals surface area contributed by atoms with E-state index in [0.717, 1.165) is 54.7 Å². The minimum absolute atomic E-state index is 0.0892. The van der Waals surface area contributed by atoms with Crippen molar-refractivity contribution < 1.29 is 9.47 Å². The highest BCUT2D eigenvalue weighted by molar-refractivity contribution is 6.32. The molecule has 0 N–H and O–H groups in total. The Morgan fingerprint density at radius 1 is 0.739 bits per heavy atom. The third-order valence-electron chi connectivity index (χ3n) is 4.61. The summed E-state index contributed by atoms with van der Waals surface area (Å²) in [4.78, 5) is 0. The smallest absolute Gasteiger partial charge is 0.141 e. The Balaban J connectivity index is 1.82. The number of hydrogen-bond donors (Lipinski definition) is 0. The standard InChI is InChI=1S/C19H18Cl2O2/c20-16-8-1-4-12-10-14-6-3-7-15(22-18(12)16)11-13-5-2-9-17(21)19(13)23-14/h1-2,4-5,8-9,14-15H,3,6-7,10-11H2. The highest BCUT2D eigenvalue weighted by atomic mass is 35.5. The summed E-state index contributed by atoms with van der Waals surface area (Å²) in [6.45, 7) is 0. The van der Waals surface area contributed by atoms with E-state index in [-0.39, 0.29) is 12.2 Å². The molecule has 0 saturated heterocycles. The summed E-state index contributed by atoms with van der Waals surface area (Å²) in [6, 6.07) is 11.9. The van der Waals surface area contributed by atoms with Crippen molar-refractivity contribution in [3.63, 3.8) is 0 Å². The van der Waals surface area contributed by atoms with Crippen LogP contribution in [0.1, 0.15) is 30.4 Å². The molecule has 2 aromatic rings. The lowest BCUT2D eigenvalue weighted by molar-refractivity contribution is 0.188. The largest absolute Gasteiger partial charge is 0.488 e. The topological polar surface area (TPSA) is 18.5 Å². The third kappa shape index (κ3) is 3.02. The van der Waals surface area contributed by atoms with Crippen molar-refractivity contribution >= 4 is 23.2 Å². The fourth-order valence-corrected chi connectivity index (χ4v) is 3.97. The van der Waals surface area contributed by atoms with E-state index in [2.05, 4.69) is 12.1 Å². The first-order chi connectivity index (χ1) is 11.2. The van der Waals surface area contributed by atoms with Crippen molar-refractivity contribution in [3.8, 4) is 11.5 Å². The molecule has 2 unspecified atom stereocenters. The van der Waals surface area contributed by atoms with Crippen LogP contribution in [0.2, 0.25) is 10.0 Å². The van der Waals surface area contributed by atoms with Gasteiger partial charge in [0.05, 0.1) is 10.0 Å². The van der Waals surface area contributed by atoms with Crippen LogP contribution in [0.5, 0.6) is 11.5 Å². The highest BCUT2D eigenvalue weighted by Gasteiger charge is 2.27. The molecule has 120 valence electrons. The van der Waals surface area contributed by atoms with Crippen molar-refractivity contribution in [2.24, 2.45) is 0 Å². The minimum Gasteiger partial charge on any atom is -0.488 e. The Kier molecular flexibility index (Phi) is 4.13. The summed E-state index contributed by atoms with van der Waals surface area (Å²) in [5.74, 6) is 1.64. The predicted octanol–water partition coefficient (Wildman–Crippen LogP) is 5.47. The molecule has 2 nitrogen and oxygen atoms in total. The van der Waals surface area contributed by atoms with Gasteiger partial charge in [-0.2, -0.15) is 0 Å². The fraction of sp³-hybridized carbons (Fsp3) is 0.368. The van der Waals surface area contributed by atoms with Crippen LogP contribution >= 0.6 is 23.2 Å². The maximum absolute atomic E-state index is 6.39. The Hall–Kier alpha value is -1.38. The Bertz CT molecular complexity index is 668. The summed E-state index contributed by atoms with van der Waals surface area (Å²) >= 11 is 12.8. The van der Waals surface area contributed by atoms with Gasteiger partial charge in [-0.1, -0.05) is 47.5 Å². The van der Waals surface area contributed by atoms with Crippen molar-refractivity contribution in [1.82, 2.24) is 0 Å². The molecule has 0 amide bonds. The molecule has 4 heteroatoms. The molecule has 2 aliphatic heterocycles. The van der Waals surface area contributed by atoms with Crippen LogP contribution in [0, 0.1) is 0 Å². The molecule has 0 aromatic heterocycles. The van der Waals surface area contributed by atoms with Gasteiger partial charge in [-0.05, 0) is 42.5 Å². The summed E-state index contributed by atoms with van der Waals surface area (Å²) in [5.41, 5.74) is 2.23. The zero-order chi connectivity index (χ0) is 15.8. The lowest BCUT2D eigenvalue weighted by Gasteiger charge is -2.25. The number of benzene rings is 2. The van der Waals surface area contributed by atoms with E-state index in [4.69, 9.17) is 32.7 Å². The molecule has 2 aliphatic rings. The molecule has 0 spiro atoms. The monoisotopic (exact) mass is 348 g/mol. The van der Waals surface area contributed by atoms with Crippen LogP contribution < -0.4 is 9.47 Å². The number of halogens is 2. The second-order valence-electron chi connectivity index (χ2n) is 6.28. The Morgan fingerprint density at radius 3 is 1.70 bits per heavy atom. The third-order valence-corrected chi connectivity index (χ3v) is 5.21. The van der Waals surface area contributed by atoms with Gasteiger partial charge in [0.1, 0.15) is 23.7 Å². The van der Waals surface area contributed by atoms with Gasteiger partial charge in [-0.15, -0.1) is 0 Å². The van der Waals surface area contributed by atoms with E-state index in [1.807, 2.05) is 24.3 Å². The zero-order valence-electron chi connectivity index (χ0n) is 12.7. The van der Waals surface area contributed by atoms with Crippen molar-refractivity contribution in [2.75, 3.05) is 0 Å². The van der Waals surface area contributed by atoms with Crippen LogP contribution in [-0.2, 0) is 12.8 Å². The summed E-state index contributed by atoms with van der Waals surface area (Å²) in [5, 5.41) is 1.36. The molecular formula is C19H18Cl2O2. The lowest BCUT2D eigenvalue weighted by Crippen LogP contribution is -2.23. The van der Waals surface area contributed by atoms with Crippen LogP contribution in [0.15, 0.2) is 36.4 Å². The van der Waals surface area contributed by atoms with Crippen molar-refractivity contribution in [2.45, 2.75) is 44.3 Å². The van der Waals surface area contributed by atoms with Crippen molar-refractivity contribution in [1.29, 1.82) is 0 Å². The Morgan fingerprint density at radius 2 is 1.22 bits per heavy atom. The number of rotatable bonds is 0. The summed E-state index contributed by atoms with van der Waals surface area (Å²) < 4.78 is 12.7. The summed E-state index contributed by atoms with van der Waals surface area (Å²) in [7, 11) is 0. The van der Waals surface area contributed by atoms with Crippen molar-refractivity contribution in [3.05, 3.63) is 57.6 Å². The van der Waals surface area contributed by atoms with E-state index in [0.29, 0.717) is 10.0 Å². The van der Waals surface area contributed by atoms with Gasteiger partial charge in [0.25, 0.3) is 0 Å². The van der Waals surface area contributed by atoms with Gasteiger partial charge in [0.2, 0.25) is 0 Å². The molecule has 2 aromatic carbocycles. The average Bonchev–Trinajstić information content (AvgIpc) is 2.66. The van der Waals surface area contributed by atoms with E-state index in [9.17, 15) is 0 Å². The molecule has 2 bridgehead atoms. The van der Waals surface area contributed by atoms with Gasteiger partial charge < -0.3 is 9.47 Å². The van der Waals surface area contributed by atoms with Crippen LogP contribution in [-0.4, -0.2) is 12.2 Å². The number of ether oxygens (including phenoxy) is 2. The zero-order valence-corrected chi connectivity index (χ0v) is 14.2. The molecule has 2 heterocycles. The fourth-order valence-electron chi connectivity index (χ4n) is 3.49. The van der Waals surface area contributed by atoms with E-state index < -0.39 is 0 Å². The number of fused-ring (bicyclic) bond motifs is 6. The van der Waals surface area contributed by atoms with Crippen LogP contribution in [0.4, 0.5) is 0 Å². The van der Waals surface area contributed by atoms with Gasteiger partial charge >= 0.3 is 0 Å². The second kappa shape index (κ2) is 6.26. The summed E-state index contributed by atoms with van der Waals surface area (Å²) in [6.07, 6.45) is 4.82. The number of hydrogen-bond acceptors (Lipinski definition) is 2. The average molecular weight is 349 g/mol. The quantitative estimate of drug-likeness (QED) is 0.628. The first-order valence-corrected chi connectivity index (χ1v) is 8.84. The van der Waals surface area contributed by atoms with Gasteiger partial charge in [-0.3, -0.25) is 0 Å². The molecular weight excluding hydrogens is 331 g/mol. The highest BCUT2D eigenvalue weighted by Crippen LogP contribution is 2.38. The molecule has 2 atom stereocenters. The normalized spacial score (nSPS) is 23.0. The Labute approximate surface area is 146 Å². The van der Waals surface area contributed by atoms with Gasteiger partial charge in [0, 0.05) is 12.8 Å². The van der Waals surface area contributed by atoms with E-state index >= 15 is 0 Å². The maximum Gasteiger partial charge on any atom is 0.141 e. The van der Waals surface area contributed by atoms with E-state index in [1.54, 1.807) is 0 Å². The number of para-hydroxylation sites is 2. The molecule has 0 saturated carbocycles. The predicted molar refractivity (Wildman–Crippen MR) is 93.0 cm³/mol. The van der Waals surface area contributed by atoms with Crippen LogP contribution in [0.25, 0.3) is 0 Å². The van der Waals surface area contributed by atoms with Gasteiger partial charge in [-0.25, -0.2) is 0 Å². The molecule has 0 fully saturated rings. The first kappa shape index (κ1) is 15.2. The SMILES string of the molecule is Clc1cccc2c1OC1CCCC(C2)Oc2c(Cl)cccc2C1. The minimum atomic E-state index is 0.0892. The molecule has 0 radical (unpaired) electrons. The first-order valence-electron chi connectivity index (χ1n) is 8.09. The second-order valence-corrected chi connectivity index (χ2v) is 7.09. The van der Waals surface area contributed by atoms with Gasteiger partial charge in [0.15, 0.2) is 0 Å². The lowest BCUT2D eigenvalue weighted by atomic mass is 10.0. The molecule has 4 rings (SSSR count). The van der Waals surface area contributed by atoms with Crippen LogP contribution in [0.3, 0.4) is 0 Å². The van der Waals surface area contributed by atoms with E-state index in [1.165, 1.54) is 0 Å². The molecule has 23 heavy (non-hydrogen) atoms.